The van der Waals surface area contributed by atoms with Crippen molar-refractivity contribution in [1.29, 1.82) is 0 Å². The number of rotatable bonds is 6. The molecule has 24 heavy (non-hydrogen) atoms. The molecule has 0 atom stereocenters. The van der Waals surface area contributed by atoms with Crippen LogP contribution < -0.4 is 10.1 Å². The van der Waals surface area contributed by atoms with E-state index in [0.29, 0.717) is 19.5 Å². The molecule has 0 aliphatic carbocycles. The molecule has 0 saturated heterocycles. The number of hydrogen-bond donors (Lipinski definition) is 1. The Labute approximate surface area is 140 Å². The Kier molecular flexibility index (Phi) is 4.74. The highest BCUT2D eigenvalue weighted by Gasteiger charge is 2.13. The van der Waals surface area contributed by atoms with Crippen molar-refractivity contribution in [3.05, 3.63) is 54.0 Å². The first-order valence-corrected chi connectivity index (χ1v) is 7.91. The van der Waals surface area contributed by atoms with E-state index in [1.54, 1.807) is 13.3 Å². The summed E-state index contributed by atoms with van der Waals surface area (Å²) in [6.07, 6.45) is 2.20. The zero-order chi connectivity index (χ0) is 16.9. The number of methoxy groups -OCH3 is 1. The van der Waals surface area contributed by atoms with Crippen molar-refractivity contribution in [2.45, 2.75) is 26.4 Å². The van der Waals surface area contributed by atoms with Crippen LogP contribution in [0.2, 0.25) is 0 Å². The number of pyridine rings is 1. The lowest BCUT2D eigenvalue weighted by molar-refractivity contribution is -0.120. The van der Waals surface area contributed by atoms with Crippen molar-refractivity contribution in [2.24, 2.45) is 0 Å². The van der Waals surface area contributed by atoms with Crippen LogP contribution in [0.25, 0.3) is 11.2 Å². The molecule has 0 bridgehead atoms. The van der Waals surface area contributed by atoms with Crippen LogP contribution in [-0.2, 0) is 17.9 Å². The van der Waals surface area contributed by atoms with Gasteiger partial charge in [0.05, 0.1) is 20.2 Å². The predicted octanol–water partition coefficient (Wildman–Crippen LogP) is 2.51. The third-order valence-corrected chi connectivity index (χ3v) is 3.82. The van der Waals surface area contributed by atoms with Gasteiger partial charge in [0.2, 0.25) is 5.91 Å². The van der Waals surface area contributed by atoms with E-state index < -0.39 is 0 Å². The molecule has 3 rings (SSSR count). The van der Waals surface area contributed by atoms with Gasteiger partial charge in [-0.25, -0.2) is 9.97 Å². The molecule has 2 aromatic heterocycles. The average molecular weight is 324 g/mol. The molecule has 0 fully saturated rings. The molecule has 3 aromatic rings. The molecule has 1 amide bonds. The number of imidazole rings is 1. The number of carbonyl (C=O) groups excluding carboxylic acids is 1. The fourth-order valence-electron chi connectivity index (χ4n) is 2.56. The second kappa shape index (κ2) is 7.12. The number of fused-ring (bicyclic) bond motifs is 1. The first-order chi connectivity index (χ1) is 11.7. The lowest BCUT2D eigenvalue weighted by Gasteiger charge is -2.10. The zero-order valence-corrected chi connectivity index (χ0v) is 13.8. The number of nitrogens with one attached hydrogen (secondary N) is 1. The first-order valence-electron chi connectivity index (χ1n) is 7.91. The first kappa shape index (κ1) is 16.0. The Morgan fingerprint density at radius 2 is 2.17 bits per heavy atom. The highest BCUT2D eigenvalue weighted by Crippen LogP contribution is 2.18. The van der Waals surface area contributed by atoms with E-state index in [-0.39, 0.29) is 5.91 Å². The van der Waals surface area contributed by atoms with Crippen LogP contribution in [0.15, 0.2) is 42.6 Å². The van der Waals surface area contributed by atoms with E-state index in [2.05, 4.69) is 15.3 Å². The molecular weight excluding hydrogens is 304 g/mol. The van der Waals surface area contributed by atoms with Crippen LogP contribution in [0.3, 0.4) is 0 Å². The monoisotopic (exact) mass is 324 g/mol. The van der Waals surface area contributed by atoms with Crippen LogP contribution in [0.4, 0.5) is 0 Å². The molecule has 124 valence electrons. The van der Waals surface area contributed by atoms with Crippen LogP contribution in [0.1, 0.15) is 24.7 Å². The molecule has 0 unspecified atom stereocenters. The summed E-state index contributed by atoms with van der Waals surface area (Å²) in [6, 6.07) is 11.7. The fourth-order valence-corrected chi connectivity index (χ4v) is 2.56. The van der Waals surface area contributed by atoms with E-state index in [1.807, 2.05) is 47.9 Å². The number of nitrogens with zero attached hydrogens (tertiary/aromatic N) is 3. The fraction of sp³-hybridized carbons (Fsp3) is 0.278. The summed E-state index contributed by atoms with van der Waals surface area (Å²) >= 11 is 0. The standard InChI is InChI=1S/C18H20N4O2/c1-3-17(23)20-11-16-21-15-8-5-9-19-18(15)22(16)12-13-6-4-7-14(10-13)24-2/h4-10H,3,11-12H2,1-2H3,(H,20,23). The van der Waals surface area contributed by atoms with Crippen molar-refractivity contribution in [2.75, 3.05) is 7.11 Å². The molecule has 0 radical (unpaired) electrons. The highest BCUT2D eigenvalue weighted by molar-refractivity contribution is 5.76. The molecule has 6 nitrogen and oxygen atoms in total. The van der Waals surface area contributed by atoms with Crippen molar-refractivity contribution < 1.29 is 9.53 Å². The van der Waals surface area contributed by atoms with Crippen LogP contribution in [-0.4, -0.2) is 27.6 Å². The number of carbonyl (C=O) groups is 1. The number of amides is 1. The van der Waals surface area contributed by atoms with Gasteiger partial charge in [0.15, 0.2) is 5.65 Å². The summed E-state index contributed by atoms with van der Waals surface area (Å²) in [5.41, 5.74) is 2.71. The largest absolute Gasteiger partial charge is 0.497 e. The Morgan fingerprint density at radius 3 is 2.96 bits per heavy atom. The topological polar surface area (TPSA) is 69.0 Å². The quantitative estimate of drug-likeness (QED) is 0.756. The molecule has 0 aliphatic rings. The van der Waals surface area contributed by atoms with Gasteiger partial charge in [0, 0.05) is 12.6 Å². The molecule has 2 heterocycles. The second-order valence-corrected chi connectivity index (χ2v) is 5.44. The Balaban J connectivity index is 1.95. The lowest BCUT2D eigenvalue weighted by Crippen LogP contribution is -2.23. The smallest absolute Gasteiger partial charge is 0.220 e. The van der Waals surface area contributed by atoms with Crippen molar-refractivity contribution in [3.8, 4) is 5.75 Å². The predicted molar refractivity (Wildman–Crippen MR) is 91.8 cm³/mol. The third kappa shape index (κ3) is 3.37. The van der Waals surface area contributed by atoms with Gasteiger partial charge in [-0.2, -0.15) is 0 Å². The summed E-state index contributed by atoms with van der Waals surface area (Å²) in [6.45, 7) is 2.82. The second-order valence-electron chi connectivity index (χ2n) is 5.44. The van der Waals surface area contributed by atoms with Crippen molar-refractivity contribution in [3.63, 3.8) is 0 Å². The van der Waals surface area contributed by atoms with E-state index in [1.165, 1.54) is 0 Å². The summed E-state index contributed by atoms with van der Waals surface area (Å²) in [4.78, 5) is 20.6. The highest BCUT2D eigenvalue weighted by atomic mass is 16.5. The maximum Gasteiger partial charge on any atom is 0.220 e. The molecule has 0 saturated carbocycles. The maximum atomic E-state index is 11.6. The SMILES string of the molecule is CCC(=O)NCc1nc2cccnc2n1Cc1cccc(OC)c1. The van der Waals surface area contributed by atoms with Gasteiger partial charge in [0.25, 0.3) is 0 Å². The Morgan fingerprint density at radius 1 is 1.29 bits per heavy atom. The summed E-state index contributed by atoms with van der Waals surface area (Å²) < 4.78 is 7.32. The van der Waals surface area contributed by atoms with Gasteiger partial charge in [0.1, 0.15) is 17.1 Å². The van der Waals surface area contributed by atoms with Crippen LogP contribution in [0.5, 0.6) is 5.75 Å². The minimum atomic E-state index is 0.00273. The number of hydrogen-bond acceptors (Lipinski definition) is 4. The molecule has 0 spiro atoms. The molecule has 0 aliphatic heterocycles. The lowest BCUT2D eigenvalue weighted by atomic mass is 10.2. The van der Waals surface area contributed by atoms with Gasteiger partial charge in [-0.1, -0.05) is 19.1 Å². The Bertz CT molecular complexity index is 857. The van der Waals surface area contributed by atoms with Crippen molar-refractivity contribution in [1.82, 2.24) is 19.9 Å². The minimum absolute atomic E-state index is 0.00273. The number of ether oxygens (including phenoxy) is 1. The molecule has 1 aromatic carbocycles. The summed E-state index contributed by atoms with van der Waals surface area (Å²) in [7, 11) is 1.65. The summed E-state index contributed by atoms with van der Waals surface area (Å²) in [5, 5.41) is 2.88. The van der Waals surface area contributed by atoms with Gasteiger partial charge in [-0.05, 0) is 29.8 Å². The zero-order valence-electron chi connectivity index (χ0n) is 13.8. The van der Waals surface area contributed by atoms with E-state index in [0.717, 1.165) is 28.3 Å². The third-order valence-electron chi connectivity index (χ3n) is 3.82. The van der Waals surface area contributed by atoms with E-state index in [9.17, 15) is 4.79 Å². The molecule has 6 heteroatoms. The van der Waals surface area contributed by atoms with Crippen molar-refractivity contribution >= 4 is 17.1 Å². The molecular formula is C18H20N4O2. The van der Waals surface area contributed by atoms with Gasteiger partial charge < -0.3 is 14.6 Å². The normalized spacial score (nSPS) is 10.8. The molecule has 1 N–H and O–H groups in total. The minimum Gasteiger partial charge on any atom is -0.497 e. The maximum absolute atomic E-state index is 11.6. The van der Waals surface area contributed by atoms with Crippen LogP contribution >= 0.6 is 0 Å². The number of aromatic nitrogens is 3. The van der Waals surface area contributed by atoms with Gasteiger partial charge >= 0.3 is 0 Å². The van der Waals surface area contributed by atoms with Crippen LogP contribution in [0, 0.1) is 0 Å². The summed E-state index contributed by atoms with van der Waals surface area (Å²) in [5.74, 6) is 1.60. The van der Waals surface area contributed by atoms with Gasteiger partial charge in [-0.3, -0.25) is 4.79 Å². The van der Waals surface area contributed by atoms with E-state index >= 15 is 0 Å². The Hall–Kier alpha value is -2.89. The number of benzene rings is 1. The van der Waals surface area contributed by atoms with E-state index in [4.69, 9.17) is 4.74 Å². The average Bonchev–Trinajstić information content (AvgIpc) is 2.97. The van der Waals surface area contributed by atoms with Gasteiger partial charge in [-0.15, -0.1) is 0 Å².